The van der Waals surface area contributed by atoms with Gasteiger partial charge in [0, 0.05) is 30.7 Å². The molecule has 0 unspecified atom stereocenters. The molecule has 1 amide bonds. The van der Waals surface area contributed by atoms with Crippen molar-refractivity contribution < 1.29 is 9.53 Å². The number of hydrogen-bond acceptors (Lipinski definition) is 4. The number of imidazole rings is 1. The zero-order valence-corrected chi connectivity index (χ0v) is 18.2. The molecule has 0 aliphatic heterocycles. The van der Waals surface area contributed by atoms with E-state index in [2.05, 4.69) is 15.4 Å². The first-order chi connectivity index (χ1) is 16.2. The number of hydrogen-bond donors (Lipinski definition) is 1. The molecule has 33 heavy (non-hydrogen) atoms. The SMILES string of the molecule is Cc1cccn2cc(COc3ccccc3C(=O)NCc3cnn(-c4ccccc4)c3)nc12. The molecule has 7 heteroatoms. The molecule has 0 bridgehead atoms. The number of para-hydroxylation sites is 2. The predicted molar refractivity (Wildman–Crippen MR) is 125 cm³/mol. The van der Waals surface area contributed by atoms with Crippen molar-refractivity contribution in [3.63, 3.8) is 0 Å². The minimum atomic E-state index is -0.205. The summed E-state index contributed by atoms with van der Waals surface area (Å²) in [6, 6.07) is 21.1. The van der Waals surface area contributed by atoms with Gasteiger partial charge in [-0.3, -0.25) is 4.79 Å². The molecule has 0 aliphatic carbocycles. The highest BCUT2D eigenvalue weighted by molar-refractivity contribution is 5.96. The van der Waals surface area contributed by atoms with Gasteiger partial charge in [-0.2, -0.15) is 5.10 Å². The second-order valence-corrected chi connectivity index (χ2v) is 7.75. The zero-order valence-electron chi connectivity index (χ0n) is 18.2. The van der Waals surface area contributed by atoms with Crippen molar-refractivity contribution in [1.82, 2.24) is 24.5 Å². The van der Waals surface area contributed by atoms with Crippen molar-refractivity contribution in [2.24, 2.45) is 0 Å². The monoisotopic (exact) mass is 437 g/mol. The van der Waals surface area contributed by atoms with Crippen molar-refractivity contribution >= 4 is 11.6 Å². The van der Waals surface area contributed by atoms with Crippen molar-refractivity contribution in [1.29, 1.82) is 0 Å². The highest BCUT2D eigenvalue weighted by Crippen LogP contribution is 2.20. The molecule has 5 rings (SSSR count). The van der Waals surface area contributed by atoms with E-state index in [-0.39, 0.29) is 12.5 Å². The molecule has 0 fully saturated rings. The smallest absolute Gasteiger partial charge is 0.255 e. The van der Waals surface area contributed by atoms with Crippen molar-refractivity contribution in [2.45, 2.75) is 20.1 Å². The molecule has 7 nitrogen and oxygen atoms in total. The Hall–Kier alpha value is -4.39. The first-order valence-corrected chi connectivity index (χ1v) is 10.7. The molecule has 5 aromatic rings. The number of pyridine rings is 1. The summed E-state index contributed by atoms with van der Waals surface area (Å²) < 4.78 is 9.74. The maximum absolute atomic E-state index is 12.9. The molecule has 164 valence electrons. The molecule has 0 saturated heterocycles. The normalized spacial score (nSPS) is 10.9. The van der Waals surface area contributed by atoms with E-state index in [1.807, 2.05) is 84.5 Å². The van der Waals surface area contributed by atoms with E-state index in [4.69, 9.17) is 4.74 Å². The first kappa shape index (κ1) is 20.5. The number of aromatic nitrogens is 4. The van der Waals surface area contributed by atoms with Crippen LogP contribution in [0.2, 0.25) is 0 Å². The molecule has 0 radical (unpaired) electrons. The average Bonchev–Trinajstić information content (AvgIpc) is 3.50. The molecular weight excluding hydrogens is 414 g/mol. The number of rotatable bonds is 7. The van der Waals surface area contributed by atoms with Gasteiger partial charge < -0.3 is 14.5 Å². The summed E-state index contributed by atoms with van der Waals surface area (Å²) in [6.07, 6.45) is 7.56. The van der Waals surface area contributed by atoms with Crippen LogP contribution in [0.15, 0.2) is 91.5 Å². The predicted octanol–water partition coefficient (Wildman–Crippen LogP) is 4.34. The third-order valence-corrected chi connectivity index (χ3v) is 5.34. The quantitative estimate of drug-likeness (QED) is 0.411. The molecule has 3 aromatic heterocycles. The van der Waals surface area contributed by atoms with Crippen molar-refractivity contribution in [3.8, 4) is 11.4 Å². The molecule has 2 aromatic carbocycles. The maximum atomic E-state index is 12.9. The van der Waals surface area contributed by atoms with Crippen LogP contribution in [0.25, 0.3) is 11.3 Å². The number of amides is 1. The molecule has 0 aliphatic rings. The van der Waals surface area contributed by atoms with Crippen LogP contribution in [0.4, 0.5) is 0 Å². The van der Waals surface area contributed by atoms with Gasteiger partial charge in [0.2, 0.25) is 0 Å². The van der Waals surface area contributed by atoms with Crippen LogP contribution < -0.4 is 10.1 Å². The molecule has 0 saturated carbocycles. The van der Waals surface area contributed by atoms with E-state index < -0.39 is 0 Å². The molecule has 0 atom stereocenters. The third-order valence-electron chi connectivity index (χ3n) is 5.34. The van der Waals surface area contributed by atoms with Gasteiger partial charge in [-0.15, -0.1) is 0 Å². The Bertz CT molecular complexity index is 1400. The van der Waals surface area contributed by atoms with Crippen LogP contribution in [0, 0.1) is 6.92 Å². The van der Waals surface area contributed by atoms with Crippen LogP contribution in [0.5, 0.6) is 5.75 Å². The van der Waals surface area contributed by atoms with E-state index in [0.717, 1.165) is 28.2 Å². The van der Waals surface area contributed by atoms with Gasteiger partial charge in [-0.25, -0.2) is 9.67 Å². The van der Waals surface area contributed by atoms with Crippen LogP contribution in [0.3, 0.4) is 0 Å². The fourth-order valence-corrected chi connectivity index (χ4v) is 3.66. The topological polar surface area (TPSA) is 73.5 Å². The van der Waals surface area contributed by atoms with E-state index in [9.17, 15) is 4.79 Å². The molecular formula is C26H23N5O2. The summed E-state index contributed by atoms with van der Waals surface area (Å²) in [6.45, 7) is 2.66. The van der Waals surface area contributed by atoms with Gasteiger partial charge >= 0.3 is 0 Å². The Balaban J connectivity index is 1.25. The van der Waals surface area contributed by atoms with Crippen LogP contribution in [-0.4, -0.2) is 25.1 Å². The summed E-state index contributed by atoms with van der Waals surface area (Å²) in [7, 11) is 0. The number of benzene rings is 2. The summed E-state index contributed by atoms with van der Waals surface area (Å²) in [4.78, 5) is 17.5. The Kier molecular flexibility index (Phi) is 5.59. The van der Waals surface area contributed by atoms with Crippen LogP contribution in [0.1, 0.15) is 27.2 Å². The summed E-state index contributed by atoms with van der Waals surface area (Å²) >= 11 is 0. The first-order valence-electron chi connectivity index (χ1n) is 10.7. The largest absolute Gasteiger partial charge is 0.486 e. The molecule has 1 N–H and O–H groups in total. The van der Waals surface area contributed by atoms with Gasteiger partial charge in [-0.1, -0.05) is 36.4 Å². The molecule has 0 spiro atoms. The van der Waals surface area contributed by atoms with Gasteiger partial charge in [0.05, 0.1) is 23.1 Å². The number of carbonyl (C=O) groups is 1. The summed E-state index contributed by atoms with van der Waals surface area (Å²) in [5.74, 6) is 0.313. The lowest BCUT2D eigenvalue weighted by Crippen LogP contribution is -2.23. The van der Waals surface area contributed by atoms with E-state index in [0.29, 0.717) is 17.9 Å². The van der Waals surface area contributed by atoms with Crippen LogP contribution >= 0.6 is 0 Å². The standard InChI is InChI=1S/C26H23N5O2/c1-19-8-7-13-30-17-21(29-25(19)30)18-33-24-12-6-5-11-23(24)26(32)27-14-20-15-28-31(16-20)22-9-3-2-4-10-22/h2-13,15-17H,14,18H2,1H3,(H,27,32). The van der Waals surface area contributed by atoms with Crippen LogP contribution in [-0.2, 0) is 13.2 Å². The van der Waals surface area contributed by atoms with Gasteiger partial charge in [0.25, 0.3) is 5.91 Å². The zero-order chi connectivity index (χ0) is 22.6. The molecule has 3 heterocycles. The van der Waals surface area contributed by atoms with Crippen molar-refractivity contribution in [3.05, 3.63) is 114 Å². The van der Waals surface area contributed by atoms with Gasteiger partial charge in [-0.05, 0) is 42.8 Å². The Morgan fingerprint density at radius 1 is 1.00 bits per heavy atom. The minimum absolute atomic E-state index is 0.205. The maximum Gasteiger partial charge on any atom is 0.255 e. The lowest BCUT2D eigenvalue weighted by Gasteiger charge is -2.10. The number of nitrogens with one attached hydrogen (secondary N) is 1. The Morgan fingerprint density at radius 3 is 2.67 bits per heavy atom. The highest BCUT2D eigenvalue weighted by Gasteiger charge is 2.13. The van der Waals surface area contributed by atoms with E-state index in [1.165, 1.54) is 0 Å². The van der Waals surface area contributed by atoms with Gasteiger partial charge in [0.1, 0.15) is 18.0 Å². The summed E-state index contributed by atoms with van der Waals surface area (Å²) in [5, 5.41) is 7.33. The van der Waals surface area contributed by atoms with E-state index >= 15 is 0 Å². The number of nitrogens with zero attached hydrogens (tertiary/aromatic N) is 4. The highest BCUT2D eigenvalue weighted by atomic mass is 16.5. The number of fused-ring (bicyclic) bond motifs is 1. The fraction of sp³-hybridized carbons (Fsp3) is 0.115. The van der Waals surface area contributed by atoms with Crippen molar-refractivity contribution in [2.75, 3.05) is 0 Å². The number of carbonyl (C=O) groups excluding carboxylic acids is 1. The number of ether oxygens (including phenoxy) is 1. The summed E-state index contributed by atoms with van der Waals surface area (Å²) in [5.41, 5.74) is 5.15. The fourth-order valence-electron chi connectivity index (χ4n) is 3.66. The lowest BCUT2D eigenvalue weighted by molar-refractivity contribution is 0.0946. The minimum Gasteiger partial charge on any atom is -0.486 e. The second kappa shape index (κ2) is 9.00. The average molecular weight is 438 g/mol. The Morgan fingerprint density at radius 2 is 1.82 bits per heavy atom. The second-order valence-electron chi connectivity index (χ2n) is 7.75. The Labute approximate surface area is 191 Å². The number of aryl methyl sites for hydroxylation is 1. The third kappa shape index (κ3) is 4.48. The lowest BCUT2D eigenvalue weighted by atomic mass is 10.2. The van der Waals surface area contributed by atoms with E-state index in [1.54, 1.807) is 23.0 Å². The van der Waals surface area contributed by atoms with Gasteiger partial charge in [0.15, 0.2) is 0 Å².